The average molecular weight is 274 g/mol. The molecule has 5 heteroatoms. The maximum atomic E-state index is 12.8. The van der Waals surface area contributed by atoms with E-state index in [1.54, 1.807) is 18.2 Å². The predicted molar refractivity (Wildman–Crippen MR) is 74.4 cm³/mol. The molecule has 0 aliphatic carbocycles. The molecule has 2 rings (SSSR count). The quantitative estimate of drug-likeness (QED) is 0.931. The zero-order chi connectivity index (χ0) is 14.7. The van der Waals surface area contributed by atoms with E-state index in [1.807, 2.05) is 18.9 Å². The van der Waals surface area contributed by atoms with Gasteiger partial charge in [-0.3, -0.25) is 0 Å². The average Bonchev–Trinajstić information content (AvgIpc) is 2.41. The monoisotopic (exact) mass is 274 g/mol. The number of anilines is 1. The van der Waals surface area contributed by atoms with Gasteiger partial charge in [0.2, 0.25) is 0 Å². The first-order valence-corrected chi connectivity index (χ1v) is 6.13. The Morgan fingerprint density at radius 2 is 2.00 bits per heavy atom. The number of carboxylic acid groups (broad SMARTS) is 1. The number of carboxylic acids is 1. The third kappa shape index (κ3) is 3.12. The van der Waals surface area contributed by atoms with Crippen molar-refractivity contribution in [2.45, 2.75) is 13.5 Å². The molecule has 0 atom stereocenters. The van der Waals surface area contributed by atoms with Gasteiger partial charge in [0, 0.05) is 19.8 Å². The Labute approximate surface area is 116 Å². The molecule has 1 N–H and O–H groups in total. The molecule has 0 amide bonds. The van der Waals surface area contributed by atoms with Gasteiger partial charge in [0.05, 0.1) is 5.56 Å². The van der Waals surface area contributed by atoms with Crippen LogP contribution in [-0.4, -0.2) is 23.1 Å². The highest BCUT2D eigenvalue weighted by Gasteiger charge is 2.10. The van der Waals surface area contributed by atoms with Crippen molar-refractivity contribution >= 4 is 11.8 Å². The minimum atomic E-state index is -0.992. The molecule has 0 fully saturated rings. The Balaban J connectivity index is 2.18. The molecule has 4 nitrogen and oxygen atoms in total. The smallest absolute Gasteiger partial charge is 0.337 e. The van der Waals surface area contributed by atoms with Crippen molar-refractivity contribution in [3.8, 4) is 0 Å². The van der Waals surface area contributed by atoms with Crippen molar-refractivity contribution in [3.63, 3.8) is 0 Å². The number of nitrogens with zero attached hydrogens (tertiary/aromatic N) is 2. The molecule has 1 aromatic carbocycles. The van der Waals surface area contributed by atoms with Crippen molar-refractivity contribution in [1.29, 1.82) is 0 Å². The summed E-state index contributed by atoms with van der Waals surface area (Å²) in [5, 5.41) is 8.91. The van der Waals surface area contributed by atoms with Gasteiger partial charge in [-0.2, -0.15) is 0 Å². The van der Waals surface area contributed by atoms with Crippen LogP contribution in [0.3, 0.4) is 0 Å². The molecule has 1 heterocycles. The van der Waals surface area contributed by atoms with E-state index >= 15 is 0 Å². The first-order valence-electron chi connectivity index (χ1n) is 6.13. The van der Waals surface area contributed by atoms with E-state index in [0.29, 0.717) is 12.4 Å². The molecule has 0 radical (unpaired) electrons. The molecule has 0 saturated heterocycles. The summed E-state index contributed by atoms with van der Waals surface area (Å²) >= 11 is 0. The van der Waals surface area contributed by atoms with Gasteiger partial charge in [0.1, 0.15) is 11.6 Å². The lowest BCUT2D eigenvalue weighted by Crippen LogP contribution is -2.19. The van der Waals surface area contributed by atoms with Crippen LogP contribution < -0.4 is 4.90 Å². The molecular weight excluding hydrogens is 259 g/mol. The second kappa shape index (κ2) is 5.69. The maximum Gasteiger partial charge on any atom is 0.337 e. The Hall–Kier alpha value is -2.43. The molecule has 1 aromatic heterocycles. The number of rotatable bonds is 4. The van der Waals surface area contributed by atoms with Gasteiger partial charge < -0.3 is 10.0 Å². The summed E-state index contributed by atoms with van der Waals surface area (Å²) in [6, 6.07) is 7.85. The van der Waals surface area contributed by atoms with Crippen LogP contribution in [0.1, 0.15) is 21.5 Å². The number of pyridine rings is 1. The number of aryl methyl sites for hydroxylation is 1. The predicted octanol–water partition coefficient (Wildman–Crippen LogP) is 2.86. The van der Waals surface area contributed by atoms with Crippen LogP contribution >= 0.6 is 0 Å². The van der Waals surface area contributed by atoms with E-state index in [2.05, 4.69) is 4.98 Å². The van der Waals surface area contributed by atoms with Gasteiger partial charge in [-0.25, -0.2) is 14.2 Å². The second-order valence-corrected chi connectivity index (χ2v) is 4.65. The molecule has 104 valence electrons. The highest BCUT2D eigenvalue weighted by Crippen LogP contribution is 2.19. The molecule has 0 aliphatic rings. The normalized spacial score (nSPS) is 10.3. The fraction of sp³-hybridized carbons (Fsp3) is 0.200. The van der Waals surface area contributed by atoms with Gasteiger partial charge >= 0.3 is 5.97 Å². The van der Waals surface area contributed by atoms with Crippen LogP contribution in [0.2, 0.25) is 0 Å². The number of halogens is 1. The van der Waals surface area contributed by atoms with E-state index in [0.717, 1.165) is 11.1 Å². The van der Waals surface area contributed by atoms with Crippen LogP contribution in [0.5, 0.6) is 0 Å². The van der Waals surface area contributed by atoms with Crippen molar-refractivity contribution in [2.75, 3.05) is 11.9 Å². The second-order valence-electron chi connectivity index (χ2n) is 4.65. The minimum Gasteiger partial charge on any atom is -0.478 e. The van der Waals surface area contributed by atoms with E-state index in [4.69, 9.17) is 5.11 Å². The first-order chi connectivity index (χ1) is 9.47. The van der Waals surface area contributed by atoms with Gasteiger partial charge in [-0.15, -0.1) is 0 Å². The third-order valence-corrected chi connectivity index (χ3v) is 2.99. The van der Waals surface area contributed by atoms with Crippen LogP contribution in [-0.2, 0) is 6.54 Å². The number of benzene rings is 1. The first kappa shape index (κ1) is 14.0. The number of hydrogen-bond acceptors (Lipinski definition) is 3. The number of aromatic carboxylic acids is 1. The lowest BCUT2D eigenvalue weighted by molar-refractivity contribution is 0.0696. The molecule has 2 aromatic rings. The molecule has 0 unspecified atom stereocenters. The van der Waals surface area contributed by atoms with E-state index in [1.165, 1.54) is 18.3 Å². The summed E-state index contributed by atoms with van der Waals surface area (Å²) in [6.07, 6.45) is 1.34. The summed E-state index contributed by atoms with van der Waals surface area (Å²) in [5.41, 5.74) is 1.91. The maximum absolute atomic E-state index is 12.8. The SMILES string of the molecule is Cc1cc(C(=O)O)cnc1N(C)Cc1ccc(F)cc1. The Morgan fingerprint density at radius 1 is 1.35 bits per heavy atom. The molecule has 20 heavy (non-hydrogen) atoms. The zero-order valence-corrected chi connectivity index (χ0v) is 11.3. The van der Waals surface area contributed by atoms with Crippen molar-refractivity contribution < 1.29 is 14.3 Å². The summed E-state index contributed by atoms with van der Waals surface area (Å²) in [7, 11) is 1.86. The number of aromatic nitrogens is 1. The van der Waals surface area contributed by atoms with Crippen LogP contribution in [0.4, 0.5) is 10.2 Å². The van der Waals surface area contributed by atoms with Gasteiger partial charge in [0.15, 0.2) is 0 Å². The summed E-state index contributed by atoms with van der Waals surface area (Å²) in [6.45, 7) is 2.39. The Kier molecular flexibility index (Phi) is 3.98. The number of hydrogen-bond donors (Lipinski definition) is 1. The van der Waals surface area contributed by atoms with Crippen LogP contribution in [0.15, 0.2) is 36.5 Å². The summed E-state index contributed by atoms with van der Waals surface area (Å²) in [5.74, 6) is -0.552. The topological polar surface area (TPSA) is 53.4 Å². The zero-order valence-electron chi connectivity index (χ0n) is 11.3. The fourth-order valence-corrected chi connectivity index (χ4v) is 2.02. The highest BCUT2D eigenvalue weighted by atomic mass is 19.1. The van der Waals surface area contributed by atoms with Crippen molar-refractivity contribution in [3.05, 3.63) is 59.0 Å². The largest absolute Gasteiger partial charge is 0.478 e. The summed E-state index contributed by atoms with van der Waals surface area (Å²) in [4.78, 5) is 16.9. The Morgan fingerprint density at radius 3 is 2.55 bits per heavy atom. The Bertz CT molecular complexity index is 626. The molecular formula is C15H15FN2O2. The standard InChI is InChI=1S/C15H15FN2O2/c1-10-7-12(15(19)20)8-17-14(10)18(2)9-11-3-5-13(16)6-4-11/h3-8H,9H2,1-2H3,(H,19,20). The van der Waals surface area contributed by atoms with Crippen LogP contribution in [0.25, 0.3) is 0 Å². The molecule has 0 aliphatic heterocycles. The fourth-order valence-electron chi connectivity index (χ4n) is 2.02. The van der Waals surface area contributed by atoms with E-state index < -0.39 is 5.97 Å². The van der Waals surface area contributed by atoms with Crippen molar-refractivity contribution in [1.82, 2.24) is 4.98 Å². The van der Waals surface area contributed by atoms with Crippen LogP contribution in [0, 0.1) is 12.7 Å². The van der Waals surface area contributed by atoms with E-state index in [9.17, 15) is 9.18 Å². The van der Waals surface area contributed by atoms with Crippen molar-refractivity contribution in [2.24, 2.45) is 0 Å². The lowest BCUT2D eigenvalue weighted by atomic mass is 10.1. The van der Waals surface area contributed by atoms with Gasteiger partial charge in [-0.1, -0.05) is 12.1 Å². The van der Waals surface area contributed by atoms with Gasteiger partial charge in [-0.05, 0) is 36.2 Å². The molecule has 0 spiro atoms. The molecule has 0 saturated carbocycles. The molecule has 0 bridgehead atoms. The third-order valence-electron chi connectivity index (χ3n) is 2.99. The van der Waals surface area contributed by atoms with Gasteiger partial charge in [0.25, 0.3) is 0 Å². The lowest BCUT2D eigenvalue weighted by Gasteiger charge is -2.20. The minimum absolute atomic E-state index is 0.168. The number of carbonyl (C=O) groups is 1. The highest BCUT2D eigenvalue weighted by molar-refractivity contribution is 5.87. The summed E-state index contributed by atoms with van der Waals surface area (Å²) < 4.78 is 12.8. The van der Waals surface area contributed by atoms with E-state index in [-0.39, 0.29) is 11.4 Å².